The van der Waals surface area contributed by atoms with Crippen LogP contribution in [0.5, 0.6) is 0 Å². The van der Waals surface area contributed by atoms with E-state index < -0.39 is 9.84 Å². The van der Waals surface area contributed by atoms with Gasteiger partial charge in [0.2, 0.25) is 0 Å². The molecule has 1 N–H and O–H groups in total. The lowest BCUT2D eigenvalue weighted by Gasteiger charge is -2.15. The summed E-state index contributed by atoms with van der Waals surface area (Å²) in [5.41, 5.74) is 0. The van der Waals surface area contributed by atoms with Gasteiger partial charge in [-0.2, -0.15) is 0 Å². The molecular weight excluding hydrogens is 258 g/mol. The number of hydrogen-bond acceptors (Lipinski definition) is 3. The van der Waals surface area contributed by atoms with E-state index in [0.29, 0.717) is 15.8 Å². The summed E-state index contributed by atoms with van der Waals surface area (Å²) in [5.74, 6) is 0.656. The maximum absolute atomic E-state index is 12.2. The highest BCUT2D eigenvalue weighted by Gasteiger charge is 2.33. The molecule has 0 heterocycles. The van der Waals surface area contributed by atoms with Crippen LogP contribution in [0.25, 0.3) is 0 Å². The van der Waals surface area contributed by atoms with E-state index in [1.54, 1.807) is 18.2 Å². The molecule has 0 bridgehead atoms. The molecule has 0 spiro atoms. The van der Waals surface area contributed by atoms with E-state index in [-0.39, 0.29) is 11.8 Å². The molecule has 0 radical (unpaired) electrons. The lowest BCUT2D eigenvalue weighted by Crippen LogP contribution is -2.34. The van der Waals surface area contributed by atoms with Crippen molar-refractivity contribution in [3.63, 3.8) is 0 Å². The average Bonchev–Trinajstić information content (AvgIpc) is 3.10. The first-order valence-corrected chi connectivity index (χ1v) is 7.71. The molecule has 1 aromatic carbocycles. The van der Waals surface area contributed by atoms with Gasteiger partial charge in [0.1, 0.15) is 0 Å². The van der Waals surface area contributed by atoms with Crippen molar-refractivity contribution < 1.29 is 8.42 Å². The average molecular weight is 274 g/mol. The van der Waals surface area contributed by atoms with Crippen molar-refractivity contribution in [3.8, 4) is 0 Å². The first-order chi connectivity index (χ1) is 8.03. The third-order valence-corrected chi connectivity index (χ3v) is 5.12. The molecule has 1 fully saturated rings. The minimum Gasteiger partial charge on any atom is -0.316 e. The Morgan fingerprint density at radius 2 is 2.18 bits per heavy atom. The Labute approximate surface area is 107 Å². The summed E-state index contributed by atoms with van der Waals surface area (Å²) in [7, 11) is -1.43. The summed E-state index contributed by atoms with van der Waals surface area (Å²) in [5, 5.41) is 3.55. The lowest BCUT2D eigenvalue weighted by atomic mass is 10.2. The number of benzene rings is 1. The third-order valence-electron chi connectivity index (χ3n) is 3.12. The Kier molecular flexibility index (Phi) is 3.76. The summed E-state index contributed by atoms with van der Waals surface area (Å²) < 4.78 is 24.4. The predicted octanol–water partition coefficient (Wildman–Crippen LogP) is 2.11. The zero-order valence-corrected chi connectivity index (χ0v) is 11.3. The Hall–Kier alpha value is -0.580. The van der Waals surface area contributed by atoms with Crippen molar-refractivity contribution in [3.05, 3.63) is 29.3 Å². The summed E-state index contributed by atoms with van der Waals surface area (Å²) in [6.07, 6.45) is 2.24. The van der Waals surface area contributed by atoms with Crippen molar-refractivity contribution in [1.82, 2.24) is 5.32 Å². The number of sulfone groups is 1. The Balaban J connectivity index is 2.18. The normalized spacial score (nSPS) is 18.0. The number of rotatable bonds is 5. The SMILES string of the molecule is CNC(CS(=O)(=O)c1cccc(Cl)c1)C1CC1. The fraction of sp³-hybridized carbons (Fsp3) is 0.500. The highest BCUT2D eigenvalue weighted by atomic mass is 35.5. The van der Waals surface area contributed by atoms with Gasteiger partial charge in [-0.15, -0.1) is 0 Å². The van der Waals surface area contributed by atoms with Crippen molar-refractivity contribution in [2.45, 2.75) is 23.8 Å². The number of hydrogen-bond donors (Lipinski definition) is 1. The third kappa shape index (κ3) is 3.21. The highest BCUT2D eigenvalue weighted by Crippen LogP contribution is 2.33. The topological polar surface area (TPSA) is 46.2 Å². The van der Waals surface area contributed by atoms with Gasteiger partial charge in [0.25, 0.3) is 0 Å². The second-order valence-corrected chi connectivity index (χ2v) is 6.94. The van der Waals surface area contributed by atoms with Crippen LogP contribution in [-0.2, 0) is 9.84 Å². The lowest BCUT2D eigenvalue weighted by molar-refractivity contribution is 0.527. The standard InChI is InChI=1S/C12H16ClNO2S/c1-14-12(9-5-6-9)8-17(15,16)11-4-2-3-10(13)7-11/h2-4,7,9,12,14H,5-6,8H2,1H3. The van der Waals surface area contributed by atoms with Gasteiger partial charge in [0.15, 0.2) is 9.84 Å². The van der Waals surface area contributed by atoms with Crippen LogP contribution >= 0.6 is 11.6 Å². The second kappa shape index (κ2) is 4.96. The van der Waals surface area contributed by atoms with E-state index in [1.807, 2.05) is 7.05 Å². The molecule has 1 aromatic rings. The Bertz CT molecular complexity index is 497. The molecule has 3 nitrogen and oxygen atoms in total. The largest absolute Gasteiger partial charge is 0.316 e. The Morgan fingerprint density at radius 1 is 1.47 bits per heavy atom. The maximum atomic E-state index is 12.2. The van der Waals surface area contributed by atoms with Gasteiger partial charge in [0.05, 0.1) is 10.6 Å². The number of halogens is 1. The van der Waals surface area contributed by atoms with E-state index in [1.165, 1.54) is 6.07 Å². The molecule has 0 amide bonds. The molecule has 0 saturated heterocycles. The minimum atomic E-state index is -3.25. The van der Waals surface area contributed by atoms with E-state index in [0.717, 1.165) is 12.8 Å². The molecule has 1 unspecified atom stereocenters. The van der Waals surface area contributed by atoms with E-state index in [2.05, 4.69) is 5.32 Å². The van der Waals surface area contributed by atoms with Crippen LogP contribution in [-0.4, -0.2) is 27.3 Å². The van der Waals surface area contributed by atoms with Crippen molar-refractivity contribution >= 4 is 21.4 Å². The van der Waals surface area contributed by atoms with Crippen molar-refractivity contribution in [2.75, 3.05) is 12.8 Å². The van der Waals surface area contributed by atoms with Gasteiger partial charge in [-0.25, -0.2) is 8.42 Å². The molecule has 1 atom stereocenters. The molecule has 94 valence electrons. The van der Waals surface area contributed by atoms with Gasteiger partial charge in [-0.3, -0.25) is 0 Å². The summed E-state index contributed by atoms with van der Waals surface area (Å²) in [4.78, 5) is 0.311. The van der Waals surface area contributed by atoms with E-state index in [4.69, 9.17) is 11.6 Å². The molecular formula is C12H16ClNO2S. The van der Waals surface area contributed by atoms with Gasteiger partial charge < -0.3 is 5.32 Å². The molecule has 0 aliphatic heterocycles. The first-order valence-electron chi connectivity index (χ1n) is 5.68. The fourth-order valence-electron chi connectivity index (χ4n) is 1.95. The minimum absolute atomic E-state index is 0.0546. The second-order valence-electron chi connectivity index (χ2n) is 4.47. The smallest absolute Gasteiger partial charge is 0.179 e. The van der Waals surface area contributed by atoms with Crippen molar-refractivity contribution in [1.29, 1.82) is 0 Å². The number of nitrogens with one attached hydrogen (secondary N) is 1. The van der Waals surface area contributed by atoms with E-state index >= 15 is 0 Å². The molecule has 1 saturated carbocycles. The molecule has 1 aliphatic carbocycles. The molecule has 5 heteroatoms. The maximum Gasteiger partial charge on any atom is 0.179 e. The van der Waals surface area contributed by atoms with Gasteiger partial charge in [0, 0.05) is 11.1 Å². The predicted molar refractivity (Wildman–Crippen MR) is 69.1 cm³/mol. The van der Waals surface area contributed by atoms with Crippen LogP contribution in [0.3, 0.4) is 0 Å². The monoisotopic (exact) mass is 273 g/mol. The molecule has 0 aromatic heterocycles. The molecule has 1 aliphatic rings. The van der Waals surface area contributed by atoms with Gasteiger partial charge in [-0.05, 0) is 44.0 Å². The zero-order valence-electron chi connectivity index (χ0n) is 9.69. The molecule has 2 rings (SSSR count). The first kappa shape index (κ1) is 12.9. The summed E-state index contributed by atoms with van der Waals surface area (Å²) in [6.45, 7) is 0. The fourth-order valence-corrected chi connectivity index (χ4v) is 3.90. The van der Waals surface area contributed by atoms with Crippen LogP contribution in [0.4, 0.5) is 0 Å². The summed E-state index contributed by atoms with van der Waals surface area (Å²) >= 11 is 5.82. The van der Waals surface area contributed by atoms with Crippen LogP contribution in [0.2, 0.25) is 5.02 Å². The van der Waals surface area contributed by atoms with Crippen molar-refractivity contribution in [2.24, 2.45) is 5.92 Å². The van der Waals surface area contributed by atoms with Crippen LogP contribution in [0, 0.1) is 5.92 Å². The zero-order chi connectivity index (χ0) is 12.5. The molecule has 17 heavy (non-hydrogen) atoms. The van der Waals surface area contributed by atoms with Gasteiger partial charge >= 0.3 is 0 Å². The van der Waals surface area contributed by atoms with Crippen LogP contribution in [0.1, 0.15) is 12.8 Å². The quantitative estimate of drug-likeness (QED) is 0.894. The van der Waals surface area contributed by atoms with Crippen LogP contribution in [0.15, 0.2) is 29.2 Å². The van der Waals surface area contributed by atoms with E-state index in [9.17, 15) is 8.42 Å². The highest BCUT2D eigenvalue weighted by molar-refractivity contribution is 7.91. The van der Waals surface area contributed by atoms with Gasteiger partial charge in [-0.1, -0.05) is 17.7 Å². The van der Waals surface area contributed by atoms with Crippen LogP contribution < -0.4 is 5.32 Å². The summed E-state index contributed by atoms with van der Waals surface area (Å²) in [6, 6.07) is 6.51. The Morgan fingerprint density at radius 3 is 2.71 bits per heavy atom.